The average Bonchev–Trinajstić information content (AvgIpc) is 2.81. The van der Waals surface area contributed by atoms with Gasteiger partial charge in [0.15, 0.2) is 0 Å². The Hall–Kier alpha value is -1.71. The van der Waals surface area contributed by atoms with Crippen LogP contribution in [-0.2, 0) is 4.74 Å². The topological polar surface area (TPSA) is 61.5 Å². The number of benzene rings is 1. The molecule has 0 spiro atoms. The van der Waals surface area contributed by atoms with Gasteiger partial charge < -0.3 is 15.2 Å². The zero-order valence-electron chi connectivity index (χ0n) is 9.94. The van der Waals surface area contributed by atoms with E-state index in [1.807, 2.05) is 0 Å². The van der Waals surface area contributed by atoms with Gasteiger partial charge in [-0.3, -0.25) is 0 Å². The first-order valence-electron chi connectivity index (χ1n) is 5.85. The predicted molar refractivity (Wildman–Crippen MR) is 65.1 cm³/mol. The van der Waals surface area contributed by atoms with Gasteiger partial charge in [0, 0.05) is 11.8 Å². The molecule has 1 fully saturated rings. The van der Waals surface area contributed by atoms with Crippen LogP contribution in [0.2, 0.25) is 0 Å². The van der Waals surface area contributed by atoms with Crippen molar-refractivity contribution < 1.29 is 14.3 Å². The summed E-state index contributed by atoms with van der Waals surface area (Å²) in [6, 6.07) is 4.95. The standard InChI is InChI=1S/C13H17NO3/c1-16-12-8-9(14)6-7-11(12)13(15)17-10-4-2-3-5-10/h6-8,10H,2-5,14H2,1H3. The lowest BCUT2D eigenvalue weighted by molar-refractivity contribution is 0.0314. The lowest BCUT2D eigenvalue weighted by Gasteiger charge is -2.13. The number of carbonyl (C=O) groups is 1. The molecule has 0 unspecified atom stereocenters. The largest absolute Gasteiger partial charge is 0.496 e. The number of hydrogen-bond donors (Lipinski definition) is 1. The molecule has 92 valence electrons. The zero-order valence-corrected chi connectivity index (χ0v) is 9.94. The Bertz CT molecular complexity index is 411. The Morgan fingerprint density at radius 1 is 1.35 bits per heavy atom. The summed E-state index contributed by atoms with van der Waals surface area (Å²) >= 11 is 0. The Morgan fingerprint density at radius 2 is 2.06 bits per heavy atom. The van der Waals surface area contributed by atoms with E-state index in [0.29, 0.717) is 17.0 Å². The second-order valence-corrected chi connectivity index (χ2v) is 4.27. The molecule has 1 aliphatic carbocycles. The third-order valence-electron chi connectivity index (χ3n) is 3.02. The van der Waals surface area contributed by atoms with Gasteiger partial charge in [0.05, 0.1) is 7.11 Å². The SMILES string of the molecule is COc1cc(N)ccc1C(=O)OC1CCCC1. The fourth-order valence-corrected chi connectivity index (χ4v) is 2.10. The maximum atomic E-state index is 11.9. The molecule has 0 bridgehead atoms. The molecular formula is C13H17NO3. The Labute approximate surface area is 101 Å². The van der Waals surface area contributed by atoms with Crippen LogP contribution in [0, 0.1) is 0 Å². The molecule has 2 rings (SSSR count). The van der Waals surface area contributed by atoms with Crippen molar-refractivity contribution in [3.05, 3.63) is 23.8 Å². The van der Waals surface area contributed by atoms with Gasteiger partial charge in [-0.05, 0) is 37.8 Å². The van der Waals surface area contributed by atoms with Crippen LogP contribution in [0.3, 0.4) is 0 Å². The molecule has 4 nitrogen and oxygen atoms in total. The van der Waals surface area contributed by atoms with Crippen LogP contribution < -0.4 is 10.5 Å². The van der Waals surface area contributed by atoms with E-state index in [-0.39, 0.29) is 12.1 Å². The van der Waals surface area contributed by atoms with Gasteiger partial charge in [-0.15, -0.1) is 0 Å². The minimum atomic E-state index is -0.325. The van der Waals surface area contributed by atoms with Crippen molar-refractivity contribution in [2.24, 2.45) is 0 Å². The van der Waals surface area contributed by atoms with Gasteiger partial charge in [0.2, 0.25) is 0 Å². The quantitative estimate of drug-likeness (QED) is 0.645. The number of nitrogen functional groups attached to an aromatic ring is 1. The van der Waals surface area contributed by atoms with Crippen molar-refractivity contribution in [1.29, 1.82) is 0 Å². The summed E-state index contributed by atoms with van der Waals surface area (Å²) in [6.07, 6.45) is 4.25. The van der Waals surface area contributed by atoms with Gasteiger partial charge in [0.25, 0.3) is 0 Å². The minimum Gasteiger partial charge on any atom is -0.496 e. The van der Waals surface area contributed by atoms with Crippen molar-refractivity contribution >= 4 is 11.7 Å². The summed E-state index contributed by atoms with van der Waals surface area (Å²) in [5, 5.41) is 0. The molecule has 0 aliphatic heterocycles. The summed E-state index contributed by atoms with van der Waals surface area (Å²) in [4.78, 5) is 11.9. The van der Waals surface area contributed by atoms with Crippen LogP contribution in [0.5, 0.6) is 5.75 Å². The van der Waals surface area contributed by atoms with Gasteiger partial charge >= 0.3 is 5.97 Å². The van der Waals surface area contributed by atoms with E-state index >= 15 is 0 Å². The van der Waals surface area contributed by atoms with E-state index in [4.69, 9.17) is 15.2 Å². The molecule has 0 atom stereocenters. The second-order valence-electron chi connectivity index (χ2n) is 4.27. The number of hydrogen-bond acceptors (Lipinski definition) is 4. The monoisotopic (exact) mass is 235 g/mol. The molecule has 0 saturated heterocycles. The van der Waals surface area contributed by atoms with Gasteiger partial charge in [0.1, 0.15) is 17.4 Å². The molecule has 1 aromatic rings. The van der Waals surface area contributed by atoms with Crippen LogP contribution in [0.15, 0.2) is 18.2 Å². The van der Waals surface area contributed by atoms with Crippen LogP contribution >= 0.6 is 0 Å². The Balaban J connectivity index is 2.12. The molecular weight excluding hydrogens is 218 g/mol. The number of carbonyl (C=O) groups excluding carboxylic acids is 1. The molecule has 0 radical (unpaired) electrons. The number of esters is 1. The average molecular weight is 235 g/mol. The zero-order chi connectivity index (χ0) is 12.3. The van der Waals surface area contributed by atoms with Crippen molar-refractivity contribution in [3.8, 4) is 5.75 Å². The van der Waals surface area contributed by atoms with Crippen LogP contribution in [0.4, 0.5) is 5.69 Å². The van der Waals surface area contributed by atoms with Crippen molar-refractivity contribution in [3.63, 3.8) is 0 Å². The summed E-state index contributed by atoms with van der Waals surface area (Å²) in [6.45, 7) is 0. The third kappa shape index (κ3) is 2.70. The number of methoxy groups -OCH3 is 1. The third-order valence-corrected chi connectivity index (χ3v) is 3.02. The van der Waals surface area contributed by atoms with Crippen molar-refractivity contribution in [2.45, 2.75) is 31.8 Å². The highest BCUT2D eigenvalue weighted by atomic mass is 16.5. The summed E-state index contributed by atoms with van der Waals surface area (Å²) in [5.74, 6) is 0.141. The van der Waals surface area contributed by atoms with Crippen LogP contribution in [0.25, 0.3) is 0 Å². The highest BCUT2D eigenvalue weighted by Gasteiger charge is 2.22. The molecule has 4 heteroatoms. The van der Waals surface area contributed by atoms with E-state index in [0.717, 1.165) is 25.7 Å². The molecule has 2 N–H and O–H groups in total. The van der Waals surface area contributed by atoms with Crippen molar-refractivity contribution in [1.82, 2.24) is 0 Å². The molecule has 0 amide bonds. The van der Waals surface area contributed by atoms with Crippen molar-refractivity contribution in [2.75, 3.05) is 12.8 Å². The molecule has 0 heterocycles. The summed E-state index contributed by atoms with van der Waals surface area (Å²) in [5.41, 5.74) is 6.64. The first-order valence-corrected chi connectivity index (χ1v) is 5.85. The molecule has 1 aliphatic rings. The molecule has 1 saturated carbocycles. The smallest absolute Gasteiger partial charge is 0.342 e. The lowest BCUT2D eigenvalue weighted by atomic mass is 10.2. The highest BCUT2D eigenvalue weighted by Crippen LogP contribution is 2.26. The lowest BCUT2D eigenvalue weighted by Crippen LogP contribution is -2.15. The fraction of sp³-hybridized carbons (Fsp3) is 0.462. The Kier molecular flexibility index (Phi) is 3.52. The highest BCUT2D eigenvalue weighted by molar-refractivity contribution is 5.93. The number of ether oxygens (including phenoxy) is 2. The molecule has 0 aromatic heterocycles. The maximum Gasteiger partial charge on any atom is 0.342 e. The molecule has 1 aromatic carbocycles. The van der Waals surface area contributed by atoms with E-state index in [9.17, 15) is 4.79 Å². The molecule has 17 heavy (non-hydrogen) atoms. The normalized spacial score (nSPS) is 15.8. The van der Waals surface area contributed by atoms with Gasteiger partial charge in [-0.1, -0.05) is 0 Å². The summed E-state index contributed by atoms with van der Waals surface area (Å²) < 4.78 is 10.6. The first-order chi connectivity index (χ1) is 8.20. The summed E-state index contributed by atoms with van der Waals surface area (Å²) in [7, 11) is 1.52. The number of rotatable bonds is 3. The van der Waals surface area contributed by atoms with Crippen LogP contribution in [0.1, 0.15) is 36.0 Å². The van der Waals surface area contributed by atoms with E-state index in [1.54, 1.807) is 18.2 Å². The minimum absolute atomic E-state index is 0.0600. The van der Waals surface area contributed by atoms with E-state index < -0.39 is 0 Å². The van der Waals surface area contributed by atoms with Gasteiger partial charge in [-0.2, -0.15) is 0 Å². The van der Waals surface area contributed by atoms with Gasteiger partial charge in [-0.25, -0.2) is 4.79 Å². The number of nitrogens with two attached hydrogens (primary N) is 1. The number of anilines is 1. The second kappa shape index (κ2) is 5.08. The Morgan fingerprint density at radius 3 is 2.71 bits per heavy atom. The van der Waals surface area contributed by atoms with E-state index in [2.05, 4.69) is 0 Å². The van der Waals surface area contributed by atoms with E-state index in [1.165, 1.54) is 7.11 Å². The van der Waals surface area contributed by atoms with Crippen LogP contribution in [-0.4, -0.2) is 19.2 Å². The predicted octanol–water partition coefficient (Wildman–Crippen LogP) is 2.38. The maximum absolute atomic E-state index is 11.9. The fourth-order valence-electron chi connectivity index (χ4n) is 2.10. The first kappa shape index (κ1) is 11.8.